The number of urea groups is 1. The van der Waals surface area contributed by atoms with Crippen molar-refractivity contribution >= 4 is 12.0 Å². The summed E-state index contributed by atoms with van der Waals surface area (Å²) in [5, 5.41) is 13.7. The number of nitrogens with one attached hydrogen (secondary N) is 2. The molecule has 18 heavy (non-hydrogen) atoms. The highest BCUT2D eigenvalue weighted by molar-refractivity contribution is 5.82. The van der Waals surface area contributed by atoms with Gasteiger partial charge in [0.25, 0.3) is 0 Å². The molecular formula is C12H17N3O3. The highest BCUT2D eigenvalue weighted by Crippen LogP contribution is 1.98. The Labute approximate surface area is 105 Å². The first-order chi connectivity index (χ1) is 8.52. The van der Waals surface area contributed by atoms with E-state index in [4.69, 9.17) is 5.11 Å². The lowest BCUT2D eigenvalue weighted by Gasteiger charge is -2.13. The molecule has 0 aromatic carbocycles. The van der Waals surface area contributed by atoms with Crippen LogP contribution in [0.15, 0.2) is 18.3 Å². The zero-order valence-electron chi connectivity index (χ0n) is 10.4. The van der Waals surface area contributed by atoms with Crippen LogP contribution in [0.4, 0.5) is 4.79 Å². The fraction of sp³-hybridized carbons (Fsp3) is 0.417. The first-order valence-electron chi connectivity index (χ1n) is 5.71. The van der Waals surface area contributed by atoms with Crippen LogP contribution < -0.4 is 10.6 Å². The van der Waals surface area contributed by atoms with E-state index in [2.05, 4.69) is 15.6 Å². The van der Waals surface area contributed by atoms with Crippen molar-refractivity contribution in [3.05, 3.63) is 29.6 Å². The molecule has 1 aromatic rings. The van der Waals surface area contributed by atoms with Gasteiger partial charge in [-0.2, -0.15) is 0 Å². The average Bonchev–Trinajstić information content (AvgIpc) is 2.35. The number of carbonyl (C=O) groups is 2. The quantitative estimate of drug-likeness (QED) is 0.729. The average molecular weight is 251 g/mol. The van der Waals surface area contributed by atoms with Gasteiger partial charge in [-0.3, -0.25) is 4.98 Å². The maximum absolute atomic E-state index is 11.5. The van der Waals surface area contributed by atoms with Crippen LogP contribution in [0.25, 0.3) is 0 Å². The number of carbonyl (C=O) groups excluding carboxylic acids is 1. The molecule has 0 spiro atoms. The molecule has 0 saturated heterocycles. The van der Waals surface area contributed by atoms with Gasteiger partial charge in [-0.05, 0) is 25.0 Å². The van der Waals surface area contributed by atoms with Crippen molar-refractivity contribution in [1.29, 1.82) is 0 Å². The molecule has 3 N–H and O–H groups in total. The topological polar surface area (TPSA) is 91.3 Å². The fourth-order valence-electron chi connectivity index (χ4n) is 1.33. The number of aryl methyl sites for hydroxylation is 1. The minimum absolute atomic E-state index is 0.315. The lowest BCUT2D eigenvalue weighted by atomic mass is 10.2. The second-order valence-corrected chi connectivity index (χ2v) is 3.93. The molecule has 1 atom stereocenters. The van der Waals surface area contributed by atoms with Crippen LogP contribution in [0.3, 0.4) is 0 Å². The molecule has 0 bridgehead atoms. The van der Waals surface area contributed by atoms with E-state index in [1.807, 2.05) is 19.1 Å². The van der Waals surface area contributed by atoms with E-state index in [1.54, 1.807) is 13.1 Å². The third-order valence-corrected chi connectivity index (χ3v) is 2.44. The molecule has 6 nitrogen and oxygen atoms in total. The summed E-state index contributed by atoms with van der Waals surface area (Å²) in [5.74, 6) is -1.04. The summed E-state index contributed by atoms with van der Waals surface area (Å²) in [7, 11) is 0. The van der Waals surface area contributed by atoms with Crippen molar-refractivity contribution in [2.45, 2.75) is 32.9 Å². The molecule has 98 valence electrons. The Morgan fingerprint density at radius 2 is 2.17 bits per heavy atom. The molecule has 0 saturated carbocycles. The van der Waals surface area contributed by atoms with Gasteiger partial charge in [-0.1, -0.05) is 13.0 Å². The number of carboxylic acid groups (broad SMARTS) is 1. The monoisotopic (exact) mass is 251 g/mol. The van der Waals surface area contributed by atoms with Crippen molar-refractivity contribution in [3.8, 4) is 0 Å². The molecule has 1 aromatic heterocycles. The molecule has 1 heterocycles. The van der Waals surface area contributed by atoms with Crippen LogP contribution in [0, 0.1) is 6.92 Å². The number of aromatic nitrogens is 1. The number of pyridine rings is 1. The summed E-state index contributed by atoms with van der Waals surface area (Å²) in [6, 6.07) is 2.35. The molecule has 0 aliphatic carbocycles. The van der Waals surface area contributed by atoms with Gasteiger partial charge >= 0.3 is 12.0 Å². The molecule has 0 unspecified atom stereocenters. The minimum atomic E-state index is -1.04. The molecule has 2 amide bonds. The van der Waals surface area contributed by atoms with Gasteiger partial charge in [0.15, 0.2) is 0 Å². The highest BCUT2D eigenvalue weighted by Gasteiger charge is 2.16. The summed E-state index contributed by atoms with van der Waals surface area (Å²) in [6.45, 7) is 3.89. The van der Waals surface area contributed by atoms with Crippen LogP contribution in [0.1, 0.15) is 24.6 Å². The summed E-state index contributed by atoms with van der Waals surface area (Å²) in [4.78, 5) is 26.3. The Kier molecular flexibility index (Phi) is 5.10. The smallest absolute Gasteiger partial charge is 0.326 e. The summed E-state index contributed by atoms with van der Waals surface area (Å²) in [6.07, 6.45) is 2.01. The minimum Gasteiger partial charge on any atom is -0.480 e. The lowest BCUT2D eigenvalue weighted by molar-refractivity contribution is -0.139. The number of hydrogen-bond acceptors (Lipinski definition) is 3. The largest absolute Gasteiger partial charge is 0.480 e. The van der Waals surface area contributed by atoms with Crippen molar-refractivity contribution in [1.82, 2.24) is 15.6 Å². The molecule has 0 aliphatic rings. The van der Waals surface area contributed by atoms with E-state index in [0.29, 0.717) is 13.0 Å². The van der Waals surface area contributed by atoms with Crippen molar-refractivity contribution in [2.24, 2.45) is 0 Å². The van der Waals surface area contributed by atoms with E-state index in [9.17, 15) is 9.59 Å². The molecule has 6 heteroatoms. The third kappa shape index (κ3) is 4.40. The van der Waals surface area contributed by atoms with Crippen LogP contribution >= 0.6 is 0 Å². The SMILES string of the molecule is CC[C@H](NC(=O)NCc1ccc(C)nc1)C(=O)O. The Bertz CT molecular complexity index is 417. The van der Waals surface area contributed by atoms with Crippen LogP contribution in [-0.2, 0) is 11.3 Å². The standard InChI is InChI=1S/C12H17N3O3/c1-3-10(11(16)17)15-12(18)14-7-9-5-4-8(2)13-6-9/h4-6,10H,3,7H2,1-2H3,(H,16,17)(H2,14,15,18)/t10-/m0/s1. The zero-order chi connectivity index (χ0) is 13.5. The van der Waals surface area contributed by atoms with Crippen molar-refractivity contribution in [3.63, 3.8) is 0 Å². The third-order valence-electron chi connectivity index (χ3n) is 2.44. The zero-order valence-corrected chi connectivity index (χ0v) is 10.4. The maximum atomic E-state index is 11.5. The predicted octanol–water partition coefficient (Wildman–Crippen LogP) is 1.05. The number of nitrogens with zero attached hydrogens (tertiary/aromatic N) is 1. The second kappa shape index (κ2) is 6.58. The van der Waals surface area contributed by atoms with E-state index in [-0.39, 0.29) is 0 Å². The molecule has 0 fully saturated rings. The molecular weight excluding hydrogens is 234 g/mol. The van der Waals surface area contributed by atoms with E-state index in [1.165, 1.54) is 0 Å². The Morgan fingerprint density at radius 1 is 1.44 bits per heavy atom. The number of aliphatic carboxylic acids is 1. The lowest BCUT2D eigenvalue weighted by Crippen LogP contribution is -2.45. The molecule has 0 aliphatic heterocycles. The van der Waals surface area contributed by atoms with Crippen molar-refractivity contribution < 1.29 is 14.7 Å². The van der Waals surface area contributed by atoms with Gasteiger partial charge in [0.05, 0.1) is 0 Å². The van der Waals surface area contributed by atoms with Gasteiger partial charge < -0.3 is 15.7 Å². The summed E-state index contributed by atoms with van der Waals surface area (Å²) >= 11 is 0. The van der Waals surface area contributed by atoms with Gasteiger partial charge in [0.1, 0.15) is 6.04 Å². The van der Waals surface area contributed by atoms with Crippen LogP contribution in [-0.4, -0.2) is 28.1 Å². The van der Waals surface area contributed by atoms with Gasteiger partial charge in [-0.25, -0.2) is 9.59 Å². The van der Waals surface area contributed by atoms with Gasteiger partial charge in [0.2, 0.25) is 0 Å². The summed E-state index contributed by atoms with van der Waals surface area (Å²) in [5.41, 5.74) is 1.76. The van der Waals surface area contributed by atoms with Crippen LogP contribution in [0.5, 0.6) is 0 Å². The second-order valence-electron chi connectivity index (χ2n) is 3.93. The maximum Gasteiger partial charge on any atom is 0.326 e. The highest BCUT2D eigenvalue weighted by atomic mass is 16.4. The Hall–Kier alpha value is -2.11. The number of rotatable bonds is 5. The molecule has 1 rings (SSSR count). The van der Waals surface area contributed by atoms with E-state index >= 15 is 0 Å². The van der Waals surface area contributed by atoms with Gasteiger partial charge in [-0.15, -0.1) is 0 Å². The van der Waals surface area contributed by atoms with Crippen LogP contribution in [0.2, 0.25) is 0 Å². The van der Waals surface area contributed by atoms with E-state index in [0.717, 1.165) is 11.3 Å². The Morgan fingerprint density at radius 3 is 2.67 bits per heavy atom. The Balaban J connectivity index is 2.41. The number of hydrogen-bond donors (Lipinski definition) is 3. The summed E-state index contributed by atoms with van der Waals surface area (Å²) < 4.78 is 0. The normalized spacial score (nSPS) is 11.7. The first-order valence-corrected chi connectivity index (χ1v) is 5.71. The molecule has 0 radical (unpaired) electrons. The van der Waals surface area contributed by atoms with E-state index < -0.39 is 18.0 Å². The van der Waals surface area contributed by atoms with Gasteiger partial charge in [0, 0.05) is 18.4 Å². The fourth-order valence-corrected chi connectivity index (χ4v) is 1.33. The predicted molar refractivity (Wildman–Crippen MR) is 66.1 cm³/mol. The van der Waals surface area contributed by atoms with Crippen molar-refractivity contribution in [2.75, 3.05) is 0 Å². The number of amides is 2. The number of carboxylic acids is 1. The first kappa shape index (κ1) is 14.0.